The van der Waals surface area contributed by atoms with Gasteiger partial charge in [0.2, 0.25) is 5.88 Å². The summed E-state index contributed by atoms with van der Waals surface area (Å²) in [5, 5.41) is 8.43. The second-order valence-electron chi connectivity index (χ2n) is 3.12. The Labute approximate surface area is 98.0 Å². The van der Waals surface area contributed by atoms with Crippen LogP contribution in [-0.2, 0) is 6.54 Å². The zero-order valence-corrected chi connectivity index (χ0v) is 9.19. The average molecular weight is 236 g/mol. The van der Waals surface area contributed by atoms with Crippen molar-refractivity contribution in [3.8, 4) is 11.6 Å². The van der Waals surface area contributed by atoms with Crippen LogP contribution in [0.2, 0.25) is 5.02 Å². The molecule has 0 unspecified atom stereocenters. The Morgan fingerprint density at radius 3 is 2.38 bits per heavy atom. The Bertz CT molecular complexity index is 456. The zero-order chi connectivity index (χ0) is 11.4. The summed E-state index contributed by atoms with van der Waals surface area (Å²) < 4.78 is 5.46. The number of benzene rings is 1. The van der Waals surface area contributed by atoms with Gasteiger partial charge >= 0.3 is 0 Å². The lowest BCUT2D eigenvalue weighted by atomic mass is 10.3. The number of rotatable bonds is 3. The van der Waals surface area contributed by atoms with Crippen molar-refractivity contribution in [1.82, 2.24) is 10.2 Å². The fourth-order valence-electron chi connectivity index (χ4n) is 1.13. The summed E-state index contributed by atoms with van der Waals surface area (Å²) >= 11 is 5.76. The van der Waals surface area contributed by atoms with E-state index in [1.807, 2.05) is 0 Å². The van der Waals surface area contributed by atoms with Gasteiger partial charge in [0.05, 0.1) is 5.69 Å². The standard InChI is InChI=1S/C11H10ClN3O/c12-8-1-4-10(5-2-8)16-11-6-3-9(7-13)14-15-11/h1-6H,7,13H2. The summed E-state index contributed by atoms with van der Waals surface area (Å²) in [6.07, 6.45) is 0. The molecular formula is C11H10ClN3O. The van der Waals surface area contributed by atoms with Gasteiger partial charge in [0.25, 0.3) is 0 Å². The van der Waals surface area contributed by atoms with E-state index >= 15 is 0 Å². The fraction of sp³-hybridized carbons (Fsp3) is 0.0909. The number of ether oxygens (including phenoxy) is 1. The Kier molecular flexibility index (Phi) is 3.34. The normalized spacial score (nSPS) is 10.1. The first-order chi connectivity index (χ1) is 7.78. The van der Waals surface area contributed by atoms with Crippen LogP contribution in [0.4, 0.5) is 0 Å². The average Bonchev–Trinajstić information content (AvgIpc) is 2.33. The van der Waals surface area contributed by atoms with E-state index in [1.165, 1.54) is 0 Å². The minimum atomic E-state index is 0.369. The lowest BCUT2D eigenvalue weighted by molar-refractivity contribution is 0.454. The molecule has 0 aliphatic rings. The number of hydrogen-bond acceptors (Lipinski definition) is 4. The Morgan fingerprint density at radius 1 is 1.06 bits per heavy atom. The van der Waals surface area contributed by atoms with Crippen molar-refractivity contribution in [2.75, 3.05) is 0 Å². The molecule has 2 rings (SSSR count). The van der Waals surface area contributed by atoms with E-state index in [2.05, 4.69) is 10.2 Å². The summed E-state index contributed by atoms with van der Waals surface area (Å²) in [5.74, 6) is 1.10. The maximum atomic E-state index is 5.76. The summed E-state index contributed by atoms with van der Waals surface area (Å²) in [7, 11) is 0. The Morgan fingerprint density at radius 2 is 1.81 bits per heavy atom. The molecule has 1 aromatic heterocycles. The third-order valence-electron chi connectivity index (χ3n) is 1.94. The maximum Gasteiger partial charge on any atom is 0.238 e. The van der Waals surface area contributed by atoms with Gasteiger partial charge in [-0.2, -0.15) is 5.10 Å². The van der Waals surface area contributed by atoms with Crippen molar-refractivity contribution in [3.05, 3.63) is 47.1 Å². The highest BCUT2D eigenvalue weighted by Gasteiger charge is 1.99. The molecule has 0 radical (unpaired) electrons. The lowest BCUT2D eigenvalue weighted by Crippen LogP contribution is -2.01. The minimum Gasteiger partial charge on any atom is -0.438 e. The van der Waals surface area contributed by atoms with Crippen molar-refractivity contribution in [3.63, 3.8) is 0 Å². The quantitative estimate of drug-likeness (QED) is 0.887. The topological polar surface area (TPSA) is 61.0 Å². The van der Waals surface area contributed by atoms with Crippen molar-refractivity contribution < 1.29 is 4.74 Å². The largest absolute Gasteiger partial charge is 0.438 e. The van der Waals surface area contributed by atoms with Crippen molar-refractivity contribution >= 4 is 11.6 Å². The van der Waals surface area contributed by atoms with Gasteiger partial charge in [-0.1, -0.05) is 11.6 Å². The molecule has 0 amide bonds. The predicted molar refractivity (Wildman–Crippen MR) is 61.4 cm³/mol. The van der Waals surface area contributed by atoms with Gasteiger partial charge in [-0.25, -0.2) is 0 Å². The van der Waals surface area contributed by atoms with E-state index in [0.29, 0.717) is 23.2 Å². The van der Waals surface area contributed by atoms with Crippen LogP contribution in [0.5, 0.6) is 11.6 Å². The van der Waals surface area contributed by atoms with Gasteiger partial charge in [0.15, 0.2) is 0 Å². The molecule has 0 saturated carbocycles. The third-order valence-corrected chi connectivity index (χ3v) is 2.19. The van der Waals surface area contributed by atoms with Crippen LogP contribution >= 0.6 is 11.6 Å². The summed E-state index contributed by atoms with van der Waals surface area (Å²) in [6.45, 7) is 0.369. The van der Waals surface area contributed by atoms with E-state index < -0.39 is 0 Å². The summed E-state index contributed by atoms with van der Waals surface area (Å²) in [6, 6.07) is 10.5. The summed E-state index contributed by atoms with van der Waals surface area (Å²) in [5.41, 5.74) is 6.14. The van der Waals surface area contributed by atoms with E-state index in [-0.39, 0.29) is 0 Å². The molecule has 16 heavy (non-hydrogen) atoms. The molecule has 2 aromatic rings. The molecule has 1 heterocycles. The lowest BCUT2D eigenvalue weighted by Gasteiger charge is -2.03. The van der Waals surface area contributed by atoms with E-state index in [4.69, 9.17) is 22.1 Å². The molecule has 2 N–H and O–H groups in total. The van der Waals surface area contributed by atoms with Gasteiger partial charge < -0.3 is 10.5 Å². The smallest absolute Gasteiger partial charge is 0.238 e. The van der Waals surface area contributed by atoms with Gasteiger partial charge in [-0.15, -0.1) is 5.10 Å². The second kappa shape index (κ2) is 4.92. The monoisotopic (exact) mass is 235 g/mol. The molecule has 0 aliphatic heterocycles. The number of halogens is 1. The zero-order valence-electron chi connectivity index (χ0n) is 8.43. The molecule has 5 heteroatoms. The van der Waals surface area contributed by atoms with E-state index in [0.717, 1.165) is 5.69 Å². The van der Waals surface area contributed by atoms with Gasteiger partial charge in [-0.3, -0.25) is 0 Å². The van der Waals surface area contributed by atoms with Crippen LogP contribution in [0.3, 0.4) is 0 Å². The van der Waals surface area contributed by atoms with Crippen LogP contribution in [-0.4, -0.2) is 10.2 Å². The molecule has 0 bridgehead atoms. The molecule has 0 saturated heterocycles. The second-order valence-corrected chi connectivity index (χ2v) is 3.56. The minimum absolute atomic E-state index is 0.369. The molecule has 0 aliphatic carbocycles. The molecular weight excluding hydrogens is 226 g/mol. The molecule has 0 atom stereocenters. The van der Waals surface area contributed by atoms with Crippen LogP contribution in [0, 0.1) is 0 Å². The van der Waals surface area contributed by atoms with Crippen LogP contribution in [0.25, 0.3) is 0 Å². The van der Waals surface area contributed by atoms with Crippen molar-refractivity contribution in [2.45, 2.75) is 6.54 Å². The number of nitrogens with zero attached hydrogens (tertiary/aromatic N) is 2. The first-order valence-corrected chi connectivity index (χ1v) is 5.12. The van der Waals surface area contributed by atoms with Crippen LogP contribution in [0.1, 0.15) is 5.69 Å². The van der Waals surface area contributed by atoms with Gasteiger partial charge in [-0.05, 0) is 30.3 Å². The molecule has 0 spiro atoms. The van der Waals surface area contributed by atoms with Crippen LogP contribution < -0.4 is 10.5 Å². The summed E-state index contributed by atoms with van der Waals surface area (Å²) in [4.78, 5) is 0. The predicted octanol–water partition coefficient (Wildman–Crippen LogP) is 2.38. The fourth-order valence-corrected chi connectivity index (χ4v) is 1.26. The first-order valence-electron chi connectivity index (χ1n) is 4.74. The Hall–Kier alpha value is -1.65. The third kappa shape index (κ3) is 2.68. The SMILES string of the molecule is NCc1ccc(Oc2ccc(Cl)cc2)nn1. The molecule has 4 nitrogen and oxygen atoms in total. The number of hydrogen-bond donors (Lipinski definition) is 1. The van der Waals surface area contributed by atoms with Crippen molar-refractivity contribution in [2.24, 2.45) is 5.73 Å². The highest BCUT2D eigenvalue weighted by molar-refractivity contribution is 6.30. The maximum absolute atomic E-state index is 5.76. The molecule has 82 valence electrons. The Balaban J connectivity index is 2.11. The first kappa shape index (κ1) is 10.9. The highest BCUT2D eigenvalue weighted by atomic mass is 35.5. The van der Waals surface area contributed by atoms with Gasteiger partial charge in [0.1, 0.15) is 5.75 Å². The van der Waals surface area contributed by atoms with Crippen molar-refractivity contribution in [1.29, 1.82) is 0 Å². The molecule has 0 fully saturated rings. The van der Waals surface area contributed by atoms with E-state index in [1.54, 1.807) is 36.4 Å². The number of nitrogens with two attached hydrogens (primary N) is 1. The molecule has 1 aromatic carbocycles. The van der Waals surface area contributed by atoms with Crippen LogP contribution in [0.15, 0.2) is 36.4 Å². The van der Waals surface area contributed by atoms with Gasteiger partial charge in [0, 0.05) is 17.6 Å². The highest BCUT2D eigenvalue weighted by Crippen LogP contribution is 2.20. The van der Waals surface area contributed by atoms with E-state index in [9.17, 15) is 0 Å². The number of aromatic nitrogens is 2.